The van der Waals surface area contributed by atoms with Crippen molar-refractivity contribution in [2.45, 2.75) is 12.9 Å². The van der Waals surface area contributed by atoms with Crippen molar-refractivity contribution >= 4 is 59.5 Å². The molecule has 0 amide bonds. The molecular weight excluding hydrogens is 761 g/mol. The number of aliphatic hydroxyl groups excluding tert-OH is 1. The van der Waals surface area contributed by atoms with Crippen molar-refractivity contribution in [1.82, 2.24) is 5.32 Å². The molecule has 0 saturated heterocycles. The van der Waals surface area contributed by atoms with Crippen LogP contribution in [0.1, 0.15) is 0 Å². The molecule has 0 fully saturated rings. The van der Waals surface area contributed by atoms with Crippen molar-refractivity contribution in [3.63, 3.8) is 0 Å². The van der Waals surface area contributed by atoms with Crippen molar-refractivity contribution in [3.8, 4) is 0 Å². The largest absolute Gasteiger partial charge is 0.310 e. The molecule has 0 atom stereocenters. The molecule has 0 aromatic heterocycles. The Labute approximate surface area is 291 Å². The number of carbonyl (C=O) groups excluding carboxylic acids is 2. The molecule has 4 aromatic carbocycles. The maximum Gasteiger partial charge on any atom is 0.0967 e. The van der Waals surface area contributed by atoms with Gasteiger partial charge in [0.2, 0.25) is 0 Å². The smallest absolute Gasteiger partial charge is 0.0967 e. The minimum absolute atomic E-state index is 0.758. The number of rotatable bonds is 12. The maximum atomic E-state index is 11.0. The minimum Gasteiger partial charge on any atom is -0.310 e. The summed E-state index contributed by atoms with van der Waals surface area (Å²) in [6.07, 6.45) is -3.14. The van der Waals surface area contributed by atoms with Crippen LogP contribution in [0.15, 0.2) is 121 Å². The molecule has 0 unspecified atom stereocenters. The fourth-order valence-corrected chi connectivity index (χ4v) is 9.16. The van der Waals surface area contributed by atoms with E-state index in [9.17, 15) is 22.4 Å². The summed E-state index contributed by atoms with van der Waals surface area (Å²) in [5, 5.41) is 17.2. The van der Waals surface area contributed by atoms with Gasteiger partial charge in [0.05, 0.1) is 56.5 Å². The van der Waals surface area contributed by atoms with E-state index in [1.807, 2.05) is 0 Å². The van der Waals surface area contributed by atoms with E-state index in [0.717, 1.165) is 20.2 Å². The Kier molecular flexibility index (Phi) is 27.9. The van der Waals surface area contributed by atoms with Gasteiger partial charge in [-0.1, -0.05) is 72.8 Å². The third kappa shape index (κ3) is 19.8. The van der Waals surface area contributed by atoms with Gasteiger partial charge in [0.1, 0.15) is 6.61 Å². The zero-order chi connectivity index (χ0) is 35.3. The first-order valence-electron chi connectivity index (χ1n) is 14.1. The second kappa shape index (κ2) is 29.6. The van der Waals surface area contributed by atoms with E-state index in [1.54, 1.807) is 17.3 Å². The van der Waals surface area contributed by atoms with Gasteiger partial charge >= 0.3 is 39.4 Å². The topological polar surface area (TPSA) is 75.6 Å². The molecular formula is C34H41ClF4NO4P2Ru+3. The van der Waals surface area contributed by atoms with Gasteiger partial charge in [-0.2, -0.15) is 8.78 Å². The maximum absolute atomic E-state index is 11.0. The zero-order valence-electron chi connectivity index (χ0n) is 25.8. The first-order chi connectivity index (χ1) is 22.9. The Hall–Kier alpha value is -2.57. The van der Waals surface area contributed by atoms with E-state index in [2.05, 4.69) is 148 Å². The molecule has 256 valence electrons. The zero-order valence-corrected chi connectivity index (χ0v) is 30.4. The van der Waals surface area contributed by atoms with Crippen LogP contribution in [-0.2, 0) is 31.6 Å². The second-order valence-electron chi connectivity index (χ2n) is 9.07. The van der Waals surface area contributed by atoms with Crippen LogP contribution in [-0.4, -0.2) is 69.8 Å². The fraction of sp³-hybridized carbons (Fsp3) is 0.235. The van der Waals surface area contributed by atoms with E-state index >= 15 is 0 Å². The van der Waals surface area contributed by atoms with Gasteiger partial charge in [0.15, 0.2) is 0 Å². The molecule has 0 aliphatic rings. The van der Waals surface area contributed by atoms with E-state index in [-0.39, 0.29) is 0 Å². The number of carbonyl (C=O) groups is 1. The number of hydrogen-bond donors (Lipinski definition) is 2. The number of hydrogen-bond acceptors (Lipinski definition) is 5. The van der Waals surface area contributed by atoms with E-state index < -0.39 is 41.3 Å². The van der Waals surface area contributed by atoms with Crippen LogP contribution < -0.4 is 26.5 Å². The summed E-state index contributed by atoms with van der Waals surface area (Å²) in [6.45, 7) is 4.35. The van der Waals surface area contributed by atoms with Crippen LogP contribution in [0.25, 0.3) is 0 Å². The van der Waals surface area contributed by atoms with Gasteiger partial charge in [-0.15, -0.1) is 0 Å². The molecule has 0 heterocycles. The van der Waals surface area contributed by atoms with Gasteiger partial charge in [-0.3, -0.25) is 6.79 Å². The molecule has 2 N–H and O–H groups in total. The van der Waals surface area contributed by atoms with Crippen LogP contribution >= 0.6 is 25.5 Å². The van der Waals surface area contributed by atoms with Crippen molar-refractivity contribution in [3.05, 3.63) is 121 Å². The molecule has 5 nitrogen and oxygen atoms in total. The van der Waals surface area contributed by atoms with Crippen LogP contribution in [0.3, 0.4) is 0 Å². The van der Waals surface area contributed by atoms with Gasteiger partial charge in [0, 0.05) is 13.1 Å². The average Bonchev–Trinajstić information content (AvgIpc) is 3.14. The number of alkyl halides is 4. The first-order valence-corrected chi connectivity index (χ1v) is 19.9. The number of methoxy groups -OCH3 is 1. The Morgan fingerprint density at radius 3 is 1.13 bits per heavy atom. The van der Waals surface area contributed by atoms with Gasteiger partial charge in [-0.25, -0.2) is 13.6 Å². The molecule has 0 saturated carbocycles. The van der Waals surface area contributed by atoms with Crippen LogP contribution in [0.5, 0.6) is 0 Å². The van der Waals surface area contributed by atoms with E-state index in [0.29, 0.717) is 0 Å². The molecule has 4 aromatic rings. The summed E-state index contributed by atoms with van der Waals surface area (Å²) < 4.78 is 46.6. The molecule has 0 aliphatic heterocycles. The molecule has 0 bridgehead atoms. The third-order valence-electron chi connectivity index (χ3n) is 6.11. The van der Waals surface area contributed by atoms with Crippen molar-refractivity contribution < 1.29 is 54.3 Å². The number of benzene rings is 4. The predicted octanol–water partition coefficient (Wildman–Crippen LogP) is 5.12. The van der Waals surface area contributed by atoms with Crippen LogP contribution in [0.2, 0.25) is 0 Å². The molecule has 13 heteroatoms. The van der Waals surface area contributed by atoms with Gasteiger partial charge < -0.3 is 20.0 Å². The van der Waals surface area contributed by atoms with E-state index in [4.69, 9.17) is 9.90 Å². The second-order valence-corrected chi connectivity index (χ2v) is 14.3. The normalized spacial score (nSPS) is 9.96. The number of halogens is 5. The summed E-state index contributed by atoms with van der Waals surface area (Å²) in [6, 6.07) is 44.2. The van der Waals surface area contributed by atoms with Crippen molar-refractivity contribution in [2.24, 2.45) is 0 Å². The van der Waals surface area contributed by atoms with Gasteiger partial charge in [0.25, 0.3) is 6.43 Å². The average molecular weight is 802 g/mol. The quantitative estimate of drug-likeness (QED) is 0.0396. The fourth-order valence-electron chi connectivity index (χ4n) is 4.11. The number of aliphatic hydroxyl groups is 1. The monoisotopic (exact) mass is 802 g/mol. The number of nitrogens with one attached hydrogen (secondary N) is 1. The Morgan fingerprint density at radius 1 is 0.702 bits per heavy atom. The predicted molar refractivity (Wildman–Crippen MR) is 189 cm³/mol. The van der Waals surface area contributed by atoms with Crippen LogP contribution in [0, 0.1) is 0 Å². The Bertz CT molecular complexity index is 1130. The number of esters is 1. The van der Waals surface area contributed by atoms with Crippen LogP contribution in [0.4, 0.5) is 17.6 Å². The van der Waals surface area contributed by atoms with E-state index in [1.165, 1.54) is 33.5 Å². The van der Waals surface area contributed by atoms with Crippen molar-refractivity contribution in [1.29, 1.82) is 0 Å². The Morgan fingerprint density at radius 2 is 0.957 bits per heavy atom. The summed E-state index contributed by atoms with van der Waals surface area (Å²) in [4.78, 5) is 17.3. The minimum atomic E-state index is -3.00. The molecule has 0 spiro atoms. The van der Waals surface area contributed by atoms with Crippen molar-refractivity contribution in [2.75, 3.05) is 39.1 Å². The Balaban J connectivity index is 0.00000111. The summed E-state index contributed by atoms with van der Waals surface area (Å²) in [5.41, 5.74) is 0. The first kappa shape index (κ1) is 44.4. The summed E-state index contributed by atoms with van der Waals surface area (Å²) in [5.74, 6) is -1.49. The molecule has 4 rings (SSSR count). The standard InChI is InChI=1S/C28H29NP2.C3H4F2O2.C2H4F2O.CHO.ClH.Ru.H/c1-5-13-25(14-6-1)30(26-15-7-2-8-16-26)23-21-29-22-24-31(27-17-9-3-10-18-27)28-19-11-4-12-20-28;1-7-3(6)2(4)5;3-2(4)1-5;1-2;;;/h1-20,29H,21-24H2;2H,1H3;2,5H,1H2;1H;1H;;/q;;;-1;;+3;/p+1. The summed E-state index contributed by atoms with van der Waals surface area (Å²) in [7, 11) is 4.00. The molecule has 47 heavy (non-hydrogen) atoms. The summed E-state index contributed by atoms with van der Waals surface area (Å²) >= 11 is 1.62. The van der Waals surface area contributed by atoms with Gasteiger partial charge in [-0.05, 0) is 48.5 Å². The SMILES string of the molecule is COC(=O)C(F)F.OCC(F)F.[CH-]=O.[Cl][RuH+2].c1ccc([PH+](CCNCC[PH+](c2ccccc2)c2ccccc2)c2ccccc2)cc1. The number of ether oxygens (including phenoxy) is 1. The molecule has 0 aliphatic carbocycles. The third-order valence-corrected chi connectivity index (χ3v) is 11.7. The molecule has 0 radical (unpaired) electrons.